The van der Waals surface area contributed by atoms with Gasteiger partial charge in [0, 0.05) is 12.2 Å². The van der Waals surface area contributed by atoms with Crippen molar-refractivity contribution in [2.75, 3.05) is 12.3 Å². The molecule has 164 valence electrons. The van der Waals surface area contributed by atoms with Gasteiger partial charge in [0.25, 0.3) is 0 Å². The average Bonchev–Trinajstić information content (AvgIpc) is 2.69. The number of nitrogens with zero attached hydrogens (tertiary/aromatic N) is 2. The van der Waals surface area contributed by atoms with Crippen LogP contribution in [-0.4, -0.2) is 68.4 Å². The normalized spacial score (nSPS) is 12.3. The second-order valence-corrected chi connectivity index (χ2v) is 6.49. The van der Waals surface area contributed by atoms with Crippen molar-refractivity contribution < 1.29 is 34.4 Å². The maximum Gasteiger partial charge on any atom is 0.332 e. The molecule has 0 aliphatic carbocycles. The first-order valence-corrected chi connectivity index (χ1v) is 9.36. The summed E-state index contributed by atoms with van der Waals surface area (Å²) in [6, 6.07) is 5.52. The lowest BCUT2D eigenvalue weighted by molar-refractivity contribution is -0.665. The molecule has 0 heterocycles. The molecule has 1 rings (SSSR count). The van der Waals surface area contributed by atoms with E-state index >= 15 is 0 Å². The maximum atomic E-state index is 12.1. The second-order valence-electron chi connectivity index (χ2n) is 6.13. The van der Waals surface area contributed by atoms with Crippen LogP contribution in [0.25, 0.3) is 0 Å². The molecule has 0 spiro atoms. The number of carboxylic acids is 2. The molecule has 0 fully saturated rings. The summed E-state index contributed by atoms with van der Waals surface area (Å²) in [5.41, 5.74) is 0.523. The van der Waals surface area contributed by atoms with Crippen molar-refractivity contribution >= 4 is 36.4 Å². The smallest absolute Gasteiger partial charge is 0.332 e. The van der Waals surface area contributed by atoms with E-state index in [4.69, 9.17) is 5.11 Å². The van der Waals surface area contributed by atoms with Crippen LogP contribution in [0.5, 0.6) is 0 Å². The third-order valence-electron chi connectivity index (χ3n) is 3.93. The molecule has 0 saturated heterocycles. The molecular formula is C17H22N4O8S. The van der Waals surface area contributed by atoms with Crippen molar-refractivity contribution in [2.45, 2.75) is 31.5 Å². The SMILES string of the molecule is O=C(O)CNC(=O)[C@H](CS)NC(=O)CC[C@@H](C(=O)O)N(Cc1ccccc1)[N+](=O)[O-]. The Morgan fingerprint density at radius 2 is 1.80 bits per heavy atom. The van der Waals surface area contributed by atoms with Crippen molar-refractivity contribution in [3.63, 3.8) is 0 Å². The Kier molecular flexibility index (Phi) is 10.1. The van der Waals surface area contributed by atoms with E-state index in [1.54, 1.807) is 30.3 Å². The molecule has 1 aromatic carbocycles. The van der Waals surface area contributed by atoms with E-state index in [1.165, 1.54) is 0 Å². The first-order valence-electron chi connectivity index (χ1n) is 8.73. The van der Waals surface area contributed by atoms with Gasteiger partial charge < -0.3 is 20.8 Å². The fraction of sp³-hybridized carbons (Fsp3) is 0.412. The fourth-order valence-electron chi connectivity index (χ4n) is 2.47. The number of hydrazine groups is 1. The van der Waals surface area contributed by atoms with Gasteiger partial charge in [0.05, 0.1) is 0 Å². The fourth-order valence-corrected chi connectivity index (χ4v) is 2.72. The van der Waals surface area contributed by atoms with Gasteiger partial charge in [-0.15, -0.1) is 5.01 Å². The number of carbonyl (C=O) groups is 4. The average molecular weight is 442 g/mol. The largest absolute Gasteiger partial charge is 0.480 e. The second kappa shape index (κ2) is 12.3. The standard InChI is InChI=1S/C17H22N4O8S/c22-14(19-12(10-30)16(25)18-8-15(23)24)7-6-13(17(26)27)20(21(28)29)9-11-4-2-1-3-5-11/h1-5,12-13,30H,6-10H2,(H,18,25)(H,19,22)(H,23,24)(H,26,27)/t12-,13-/m0/s1. The highest BCUT2D eigenvalue weighted by Gasteiger charge is 2.34. The van der Waals surface area contributed by atoms with Gasteiger partial charge in [0.15, 0.2) is 11.1 Å². The highest BCUT2D eigenvalue weighted by molar-refractivity contribution is 7.80. The van der Waals surface area contributed by atoms with Gasteiger partial charge in [-0.1, -0.05) is 30.3 Å². The van der Waals surface area contributed by atoms with Crippen LogP contribution in [0.2, 0.25) is 0 Å². The molecule has 30 heavy (non-hydrogen) atoms. The van der Waals surface area contributed by atoms with Crippen LogP contribution in [0.15, 0.2) is 30.3 Å². The molecule has 0 aliphatic rings. The quantitative estimate of drug-likeness (QED) is 0.153. The van der Waals surface area contributed by atoms with Gasteiger partial charge >= 0.3 is 11.9 Å². The van der Waals surface area contributed by atoms with Gasteiger partial charge in [0.1, 0.15) is 19.1 Å². The van der Waals surface area contributed by atoms with Crippen molar-refractivity contribution in [2.24, 2.45) is 0 Å². The van der Waals surface area contributed by atoms with Crippen LogP contribution in [0.3, 0.4) is 0 Å². The number of hydrogen-bond donors (Lipinski definition) is 5. The minimum Gasteiger partial charge on any atom is -0.480 e. The number of nitro groups is 1. The number of thiol groups is 1. The predicted octanol–water partition coefficient (Wildman–Crippen LogP) is -0.471. The summed E-state index contributed by atoms with van der Waals surface area (Å²) in [6.07, 6.45) is -0.794. The van der Waals surface area contributed by atoms with E-state index in [0.29, 0.717) is 10.6 Å². The number of amides is 2. The summed E-state index contributed by atoms with van der Waals surface area (Å²) in [5, 5.41) is 33.4. The summed E-state index contributed by atoms with van der Waals surface area (Å²) < 4.78 is 0. The van der Waals surface area contributed by atoms with E-state index in [9.17, 15) is 34.4 Å². The summed E-state index contributed by atoms with van der Waals surface area (Å²) in [7, 11) is 0. The summed E-state index contributed by atoms with van der Waals surface area (Å²) in [4.78, 5) is 57.4. The molecule has 4 N–H and O–H groups in total. The first-order chi connectivity index (χ1) is 14.1. The van der Waals surface area contributed by atoms with Crippen molar-refractivity contribution in [1.82, 2.24) is 15.6 Å². The van der Waals surface area contributed by atoms with Gasteiger partial charge in [-0.3, -0.25) is 14.4 Å². The first kappa shape index (κ1) is 24.7. The van der Waals surface area contributed by atoms with Gasteiger partial charge in [-0.2, -0.15) is 12.6 Å². The third kappa shape index (κ3) is 8.34. The zero-order valence-corrected chi connectivity index (χ0v) is 16.7. The van der Waals surface area contributed by atoms with Crippen LogP contribution in [-0.2, 0) is 25.7 Å². The lowest BCUT2D eigenvalue weighted by atomic mass is 10.1. The van der Waals surface area contributed by atoms with Gasteiger partial charge in [-0.25, -0.2) is 14.9 Å². The number of hydrogen-bond acceptors (Lipinski definition) is 7. The minimum absolute atomic E-state index is 0.130. The number of aliphatic carboxylic acids is 2. The van der Waals surface area contributed by atoms with Crippen molar-refractivity contribution in [3.8, 4) is 0 Å². The van der Waals surface area contributed by atoms with Crippen LogP contribution >= 0.6 is 12.6 Å². The van der Waals surface area contributed by atoms with Crippen LogP contribution in [0, 0.1) is 10.1 Å². The van der Waals surface area contributed by atoms with Crippen molar-refractivity contribution in [1.29, 1.82) is 0 Å². The van der Waals surface area contributed by atoms with Gasteiger partial charge in [-0.05, 0) is 12.0 Å². The van der Waals surface area contributed by atoms with E-state index in [-0.39, 0.29) is 18.7 Å². The van der Waals surface area contributed by atoms with Crippen LogP contribution < -0.4 is 10.6 Å². The monoisotopic (exact) mass is 442 g/mol. The van der Waals surface area contributed by atoms with Crippen LogP contribution in [0.1, 0.15) is 18.4 Å². The highest BCUT2D eigenvalue weighted by atomic mass is 32.1. The van der Waals surface area contributed by atoms with E-state index in [2.05, 4.69) is 23.3 Å². The number of rotatable bonds is 13. The van der Waals surface area contributed by atoms with E-state index in [1.807, 2.05) is 0 Å². The summed E-state index contributed by atoms with van der Waals surface area (Å²) in [5.74, 6) is -4.37. The number of nitrogens with one attached hydrogen (secondary N) is 2. The van der Waals surface area contributed by atoms with Crippen LogP contribution in [0.4, 0.5) is 0 Å². The Balaban J connectivity index is 2.74. The minimum atomic E-state index is -1.58. The molecule has 2 amide bonds. The molecule has 0 aromatic heterocycles. The third-order valence-corrected chi connectivity index (χ3v) is 4.30. The molecule has 0 unspecified atom stereocenters. The van der Waals surface area contributed by atoms with Gasteiger partial charge in [0.2, 0.25) is 11.8 Å². The summed E-state index contributed by atoms with van der Waals surface area (Å²) >= 11 is 3.92. The number of benzene rings is 1. The number of carbonyl (C=O) groups excluding carboxylic acids is 2. The predicted molar refractivity (Wildman–Crippen MR) is 106 cm³/mol. The Bertz CT molecular complexity index is 776. The molecule has 0 saturated carbocycles. The molecule has 1 aromatic rings. The van der Waals surface area contributed by atoms with E-state index < -0.39 is 53.8 Å². The molecule has 0 radical (unpaired) electrons. The van der Waals surface area contributed by atoms with E-state index in [0.717, 1.165) is 0 Å². The van der Waals surface area contributed by atoms with Crippen molar-refractivity contribution in [3.05, 3.63) is 46.0 Å². The lowest BCUT2D eigenvalue weighted by Crippen LogP contribution is -2.49. The maximum absolute atomic E-state index is 12.1. The molecule has 13 heteroatoms. The molecule has 0 bridgehead atoms. The Morgan fingerprint density at radius 1 is 1.17 bits per heavy atom. The Morgan fingerprint density at radius 3 is 2.30 bits per heavy atom. The zero-order valence-electron chi connectivity index (χ0n) is 15.8. The molecule has 2 atom stereocenters. The Labute approximate surface area is 176 Å². The highest BCUT2D eigenvalue weighted by Crippen LogP contribution is 2.13. The summed E-state index contributed by atoms with van der Waals surface area (Å²) in [6.45, 7) is -0.916. The lowest BCUT2D eigenvalue weighted by Gasteiger charge is -2.22. The molecular weight excluding hydrogens is 420 g/mol. The number of carboxylic acid groups (broad SMARTS) is 2. The molecule has 0 aliphatic heterocycles. The Hall–Kier alpha value is -3.35. The topological polar surface area (TPSA) is 179 Å². The zero-order chi connectivity index (χ0) is 22.7. The molecule has 12 nitrogen and oxygen atoms in total.